The Labute approximate surface area is 105 Å². The van der Waals surface area contributed by atoms with Crippen LogP contribution in [0.1, 0.15) is 28.9 Å². The first-order valence-corrected chi connectivity index (χ1v) is 5.96. The number of nitrogens with one attached hydrogen (secondary N) is 1. The number of aromatic nitrogens is 1. The van der Waals surface area contributed by atoms with Crippen LogP contribution >= 0.6 is 11.6 Å². The van der Waals surface area contributed by atoms with Crippen LogP contribution < -0.4 is 5.32 Å². The van der Waals surface area contributed by atoms with Gasteiger partial charge in [0.25, 0.3) is 5.91 Å². The number of hydrogen-bond acceptors (Lipinski definition) is 3. The van der Waals surface area contributed by atoms with E-state index in [-0.39, 0.29) is 17.9 Å². The predicted molar refractivity (Wildman–Crippen MR) is 65.1 cm³/mol. The first-order chi connectivity index (χ1) is 8.04. The van der Waals surface area contributed by atoms with E-state index in [9.17, 15) is 4.79 Å². The fourth-order valence-electron chi connectivity index (χ4n) is 1.70. The van der Waals surface area contributed by atoms with Gasteiger partial charge in [-0.2, -0.15) is 0 Å². The lowest BCUT2D eigenvalue weighted by atomic mass is 10.1. The number of aliphatic hydroxyl groups is 1. The van der Waals surface area contributed by atoms with E-state index in [1.54, 1.807) is 19.1 Å². The van der Waals surface area contributed by atoms with Gasteiger partial charge in [0, 0.05) is 23.2 Å². The maximum absolute atomic E-state index is 11.9. The summed E-state index contributed by atoms with van der Waals surface area (Å²) in [6, 6.07) is 3.24. The topological polar surface area (TPSA) is 62.2 Å². The quantitative estimate of drug-likeness (QED) is 0.802. The van der Waals surface area contributed by atoms with Crippen molar-refractivity contribution < 1.29 is 9.90 Å². The maximum Gasteiger partial charge on any atom is 0.251 e. The Balaban J connectivity index is 1.99. The normalized spacial score (nSPS) is 16.6. The number of rotatable bonds is 4. The molecular formula is C12H15ClN2O2. The number of carbonyl (C=O) groups is 1. The van der Waals surface area contributed by atoms with Crippen molar-refractivity contribution in [3.05, 3.63) is 28.5 Å². The van der Waals surface area contributed by atoms with Gasteiger partial charge in [0.15, 0.2) is 0 Å². The van der Waals surface area contributed by atoms with Crippen molar-refractivity contribution >= 4 is 17.5 Å². The molecule has 1 aromatic rings. The Hall–Kier alpha value is -1.13. The van der Waals surface area contributed by atoms with Gasteiger partial charge in [0.2, 0.25) is 0 Å². The zero-order valence-electron chi connectivity index (χ0n) is 9.66. The number of aryl methyl sites for hydroxylation is 1. The van der Waals surface area contributed by atoms with Gasteiger partial charge in [-0.15, -0.1) is 0 Å². The molecule has 2 N–H and O–H groups in total. The second kappa shape index (κ2) is 4.63. The molecule has 0 spiro atoms. The van der Waals surface area contributed by atoms with Crippen molar-refractivity contribution in [3.63, 3.8) is 0 Å². The zero-order valence-corrected chi connectivity index (χ0v) is 10.4. The fourth-order valence-corrected chi connectivity index (χ4v) is 1.95. The van der Waals surface area contributed by atoms with Crippen LogP contribution in [0.2, 0.25) is 5.15 Å². The molecule has 1 aromatic heterocycles. The smallest absolute Gasteiger partial charge is 0.251 e. The van der Waals surface area contributed by atoms with E-state index in [0.29, 0.717) is 23.0 Å². The number of pyridine rings is 1. The van der Waals surface area contributed by atoms with Crippen molar-refractivity contribution in [2.45, 2.75) is 19.8 Å². The van der Waals surface area contributed by atoms with Crippen LogP contribution in [0.3, 0.4) is 0 Å². The van der Waals surface area contributed by atoms with Crippen LogP contribution in [0, 0.1) is 12.3 Å². The third-order valence-corrected chi connectivity index (χ3v) is 3.29. The molecule has 1 aliphatic carbocycles. The van der Waals surface area contributed by atoms with E-state index in [4.69, 9.17) is 16.7 Å². The molecular weight excluding hydrogens is 240 g/mol. The number of nitrogens with zero attached hydrogens (tertiary/aromatic N) is 1. The summed E-state index contributed by atoms with van der Waals surface area (Å²) in [5.41, 5.74) is 1.14. The number of halogens is 1. The highest BCUT2D eigenvalue weighted by atomic mass is 35.5. The van der Waals surface area contributed by atoms with Crippen molar-refractivity contribution in [2.75, 3.05) is 13.2 Å². The van der Waals surface area contributed by atoms with Crippen LogP contribution in [0.4, 0.5) is 0 Å². The highest BCUT2D eigenvalue weighted by Crippen LogP contribution is 2.44. The number of amides is 1. The minimum absolute atomic E-state index is 0.0818. The second-order valence-corrected chi connectivity index (χ2v) is 5.05. The van der Waals surface area contributed by atoms with E-state index < -0.39 is 0 Å². The molecule has 1 fully saturated rings. The Morgan fingerprint density at radius 1 is 1.59 bits per heavy atom. The van der Waals surface area contributed by atoms with Gasteiger partial charge < -0.3 is 10.4 Å². The van der Waals surface area contributed by atoms with Crippen LogP contribution in [-0.4, -0.2) is 29.1 Å². The molecule has 17 heavy (non-hydrogen) atoms. The molecule has 0 unspecified atom stereocenters. The lowest BCUT2D eigenvalue weighted by Gasteiger charge is -2.12. The standard InChI is InChI=1S/C12H15ClN2O2/c1-8-4-9(5-10(13)15-8)11(17)14-6-12(7-16)2-3-12/h4-5,16H,2-3,6-7H2,1H3,(H,14,17). The minimum Gasteiger partial charge on any atom is -0.396 e. The maximum atomic E-state index is 11.9. The average molecular weight is 255 g/mol. The molecule has 0 radical (unpaired) electrons. The third kappa shape index (κ3) is 2.96. The summed E-state index contributed by atoms with van der Waals surface area (Å²) in [5.74, 6) is -0.169. The van der Waals surface area contributed by atoms with E-state index in [2.05, 4.69) is 10.3 Å². The molecule has 0 saturated heterocycles. The van der Waals surface area contributed by atoms with E-state index in [1.807, 2.05) is 0 Å². The Morgan fingerprint density at radius 2 is 2.29 bits per heavy atom. The van der Waals surface area contributed by atoms with Gasteiger partial charge in [0.1, 0.15) is 5.15 Å². The summed E-state index contributed by atoms with van der Waals surface area (Å²) in [6.07, 6.45) is 1.94. The molecule has 1 heterocycles. The highest BCUT2D eigenvalue weighted by molar-refractivity contribution is 6.29. The summed E-state index contributed by atoms with van der Waals surface area (Å²) in [5, 5.41) is 12.3. The molecule has 0 atom stereocenters. The SMILES string of the molecule is Cc1cc(C(=O)NCC2(CO)CC2)cc(Cl)n1. The first-order valence-electron chi connectivity index (χ1n) is 5.58. The summed E-state index contributed by atoms with van der Waals surface area (Å²) in [4.78, 5) is 15.9. The van der Waals surface area contributed by atoms with Gasteiger partial charge in [-0.1, -0.05) is 11.6 Å². The first kappa shape index (κ1) is 12.3. The Bertz CT molecular complexity index is 424. The van der Waals surface area contributed by atoms with E-state index in [1.165, 1.54) is 0 Å². The largest absolute Gasteiger partial charge is 0.396 e. The molecule has 1 saturated carbocycles. The molecule has 0 aliphatic heterocycles. The van der Waals surface area contributed by atoms with Crippen LogP contribution in [0.5, 0.6) is 0 Å². The number of hydrogen-bond donors (Lipinski definition) is 2. The van der Waals surface area contributed by atoms with Crippen LogP contribution in [0.15, 0.2) is 12.1 Å². The minimum atomic E-state index is -0.169. The molecule has 0 aromatic carbocycles. The Morgan fingerprint density at radius 3 is 2.82 bits per heavy atom. The van der Waals surface area contributed by atoms with E-state index >= 15 is 0 Å². The van der Waals surface area contributed by atoms with Gasteiger partial charge in [0.05, 0.1) is 6.61 Å². The van der Waals surface area contributed by atoms with Gasteiger partial charge in [-0.05, 0) is 31.9 Å². The molecule has 2 rings (SSSR count). The van der Waals surface area contributed by atoms with Crippen molar-refractivity contribution in [3.8, 4) is 0 Å². The zero-order chi connectivity index (χ0) is 12.5. The number of aliphatic hydroxyl groups excluding tert-OH is 1. The summed E-state index contributed by atoms with van der Waals surface area (Å²) >= 11 is 5.79. The molecule has 1 aliphatic rings. The third-order valence-electron chi connectivity index (χ3n) is 3.10. The molecule has 5 heteroatoms. The molecule has 92 valence electrons. The molecule has 0 bridgehead atoms. The lowest BCUT2D eigenvalue weighted by molar-refractivity contribution is 0.0935. The van der Waals surface area contributed by atoms with Gasteiger partial charge in [-0.25, -0.2) is 4.98 Å². The van der Waals surface area contributed by atoms with Crippen LogP contribution in [0.25, 0.3) is 0 Å². The van der Waals surface area contributed by atoms with Crippen molar-refractivity contribution in [2.24, 2.45) is 5.41 Å². The average Bonchev–Trinajstić information content (AvgIpc) is 3.05. The Kier molecular flexibility index (Phi) is 3.35. The second-order valence-electron chi connectivity index (χ2n) is 4.66. The van der Waals surface area contributed by atoms with E-state index in [0.717, 1.165) is 12.8 Å². The highest BCUT2D eigenvalue weighted by Gasteiger charge is 2.42. The summed E-state index contributed by atoms with van der Waals surface area (Å²) < 4.78 is 0. The monoisotopic (exact) mass is 254 g/mol. The summed E-state index contributed by atoms with van der Waals surface area (Å²) in [7, 11) is 0. The molecule has 4 nitrogen and oxygen atoms in total. The lowest BCUT2D eigenvalue weighted by Crippen LogP contribution is -2.31. The predicted octanol–water partition coefficient (Wildman–Crippen LogP) is 1.55. The van der Waals surface area contributed by atoms with Gasteiger partial charge in [-0.3, -0.25) is 4.79 Å². The summed E-state index contributed by atoms with van der Waals surface area (Å²) in [6.45, 7) is 2.43. The van der Waals surface area contributed by atoms with Crippen molar-refractivity contribution in [1.82, 2.24) is 10.3 Å². The van der Waals surface area contributed by atoms with Crippen molar-refractivity contribution in [1.29, 1.82) is 0 Å². The van der Waals surface area contributed by atoms with Gasteiger partial charge >= 0.3 is 0 Å². The molecule has 1 amide bonds. The fraction of sp³-hybridized carbons (Fsp3) is 0.500. The number of carbonyl (C=O) groups excluding carboxylic acids is 1. The van der Waals surface area contributed by atoms with Crippen LogP contribution in [-0.2, 0) is 0 Å².